The molecule has 10 heteroatoms. The molecule has 0 bridgehead atoms. The molecule has 0 saturated carbocycles. The lowest BCUT2D eigenvalue weighted by Gasteiger charge is -2.14. The fourth-order valence-corrected chi connectivity index (χ4v) is 3.42. The maximum absolute atomic E-state index is 13.7. The average Bonchev–Trinajstić information content (AvgIpc) is 2.66. The number of sulfone groups is 1. The highest BCUT2D eigenvalue weighted by Crippen LogP contribution is 2.28. The second-order valence-electron chi connectivity index (χ2n) is 7.48. The van der Waals surface area contributed by atoms with Crippen LogP contribution in [-0.4, -0.2) is 35.7 Å². The summed E-state index contributed by atoms with van der Waals surface area (Å²) in [4.78, 5) is 13.0. The van der Waals surface area contributed by atoms with Gasteiger partial charge in [-0.3, -0.25) is 0 Å². The maximum Gasteiger partial charge on any atom is 0.286 e. The highest BCUT2D eigenvalue weighted by Gasteiger charge is 2.26. The van der Waals surface area contributed by atoms with Crippen molar-refractivity contribution in [3.63, 3.8) is 0 Å². The molecule has 164 valence electrons. The summed E-state index contributed by atoms with van der Waals surface area (Å²) >= 11 is 0. The van der Waals surface area contributed by atoms with E-state index in [4.69, 9.17) is 0 Å². The molecule has 1 aromatic carbocycles. The average molecular weight is 448 g/mol. The minimum absolute atomic E-state index is 0.0587. The number of alkyl halides is 2. The molecule has 0 fully saturated rings. The zero-order valence-corrected chi connectivity index (χ0v) is 18.3. The number of rotatable bonds is 7. The normalized spacial score (nSPS) is 12.1. The molecule has 3 aromatic rings. The van der Waals surface area contributed by atoms with E-state index in [0.717, 1.165) is 13.2 Å². The van der Waals surface area contributed by atoms with Gasteiger partial charge in [0.2, 0.25) is 0 Å². The quantitative estimate of drug-likeness (QED) is 0.546. The van der Waals surface area contributed by atoms with Crippen LogP contribution in [0.4, 0.5) is 26.1 Å². The van der Waals surface area contributed by atoms with Gasteiger partial charge in [0.1, 0.15) is 23.0 Å². The Morgan fingerprint density at radius 1 is 0.968 bits per heavy atom. The van der Waals surface area contributed by atoms with Gasteiger partial charge in [0.15, 0.2) is 15.7 Å². The lowest BCUT2D eigenvalue weighted by Crippen LogP contribution is -2.13. The summed E-state index contributed by atoms with van der Waals surface area (Å²) < 4.78 is 51.1. The third-order valence-electron chi connectivity index (χ3n) is 4.13. The Morgan fingerprint density at radius 2 is 1.65 bits per heavy atom. The Balaban J connectivity index is 2.04. The van der Waals surface area contributed by atoms with E-state index in [1.165, 1.54) is 24.3 Å². The summed E-state index contributed by atoms with van der Waals surface area (Å²) in [7, 11) is -3.38. The van der Waals surface area contributed by atoms with Crippen LogP contribution in [0.25, 0.3) is 11.5 Å². The van der Waals surface area contributed by atoms with E-state index in [-0.39, 0.29) is 28.1 Å². The lowest BCUT2D eigenvalue weighted by molar-refractivity contribution is 0.0129. The van der Waals surface area contributed by atoms with Crippen LogP contribution in [0, 0.1) is 0 Å². The van der Waals surface area contributed by atoms with Gasteiger partial charge in [-0.05, 0) is 44.2 Å². The summed E-state index contributed by atoms with van der Waals surface area (Å²) in [5.41, 5.74) is 0.315. The van der Waals surface area contributed by atoms with Crippen molar-refractivity contribution >= 4 is 27.2 Å². The minimum Gasteiger partial charge on any atom is -0.368 e. The number of hydrogen-bond donors (Lipinski definition) is 2. The molecule has 31 heavy (non-hydrogen) atoms. The highest BCUT2D eigenvalue weighted by molar-refractivity contribution is 7.90. The third kappa shape index (κ3) is 5.94. The van der Waals surface area contributed by atoms with Gasteiger partial charge in [0.05, 0.1) is 4.90 Å². The topological polar surface area (TPSA) is 96.9 Å². The van der Waals surface area contributed by atoms with Crippen molar-refractivity contribution in [1.82, 2.24) is 15.0 Å². The van der Waals surface area contributed by atoms with Gasteiger partial charge in [0.25, 0.3) is 5.92 Å². The van der Waals surface area contributed by atoms with Crippen LogP contribution in [-0.2, 0) is 15.8 Å². The Morgan fingerprint density at radius 3 is 2.29 bits per heavy atom. The third-order valence-corrected chi connectivity index (χ3v) is 5.24. The first-order valence-corrected chi connectivity index (χ1v) is 11.4. The van der Waals surface area contributed by atoms with Crippen LogP contribution in [0.1, 0.15) is 26.5 Å². The van der Waals surface area contributed by atoms with Gasteiger partial charge in [0, 0.05) is 31.0 Å². The molecule has 2 aromatic heterocycles. The smallest absolute Gasteiger partial charge is 0.286 e. The largest absolute Gasteiger partial charge is 0.368 e. The summed E-state index contributed by atoms with van der Waals surface area (Å²) in [5.74, 6) is -2.12. The summed E-state index contributed by atoms with van der Waals surface area (Å²) in [6, 6.07) is 12.3. The van der Waals surface area contributed by atoms with Gasteiger partial charge in [-0.15, -0.1) is 0 Å². The fourth-order valence-electron chi connectivity index (χ4n) is 2.75. The summed E-state index contributed by atoms with van der Waals surface area (Å²) in [6.45, 7) is 4.64. The van der Waals surface area contributed by atoms with E-state index in [1.54, 1.807) is 24.3 Å². The van der Waals surface area contributed by atoms with E-state index in [1.807, 2.05) is 13.8 Å². The van der Waals surface area contributed by atoms with Gasteiger partial charge in [-0.2, -0.15) is 8.78 Å². The van der Waals surface area contributed by atoms with Crippen molar-refractivity contribution in [3.8, 4) is 11.5 Å². The molecular weight excluding hydrogens is 424 g/mol. The van der Waals surface area contributed by atoms with Gasteiger partial charge < -0.3 is 10.6 Å². The lowest BCUT2D eigenvalue weighted by atomic mass is 10.2. The molecule has 2 heterocycles. The molecule has 0 radical (unpaired) electrons. The first-order chi connectivity index (χ1) is 14.4. The monoisotopic (exact) mass is 447 g/mol. The molecule has 0 atom stereocenters. The summed E-state index contributed by atoms with van der Waals surface area (Å²) in [6.07, 6.45) is 1.13. The predicted molar refractivity (Wildman–Crippen MR) is 116 cm³/mol. The molecule has 3 rings (SSSR count). The second kappa shape index (κ2) is 8.54. The number of anilines is 3. The van der Waals surface area contributed by atoms with Gasteiger partial charge in [-0.1, -0.05) is 12.1 Å². The van der Waals surface area contributed by atoms with E-state index >= 15 is 0 Å². The van der Waals surface area contributed by atoms with Crippen LogP contribution in [0.5, 0.6) is 0 Å². The Labute approximate surface area is 179 Å². The predicted octanol–water partition coefficient (Wildman–Crippen LogP) is 4.62. The van der Waals surface area contributed by atoms with E-state index in [9.17, 15) is 17.2 Å². The molecule has 0 unspecified atom stereocenters. The van der Waals surface area contributed by atoms with E-state index < -0.39 is 15.8 Å². The molecule has 0 aliphatic carbocycles. The number of pyridine rings is 1. The van der Waals surface area contributed by atoms with Crippen LogP contribution in [0.3, 0.4) is 0 Å². The number of hydrogen-bond acceptors (Lipinski definition) is 7. The first-order valence-electron chi connectivity index (χ1n) is 9.50. The minimum atomic E-state index is -3.38. The molecule has 7 nitrogen and oxygen atoms in total. The second-order valence-corrected chi connectivity index (χ2v) is 9.50. The standard InChI is InChI=1S/C21H23F2N5O2S/c1-13(2)24-18-12-19(25-14-7-5-8-15(11-14)31(4,29)30)28-20(27-18)16-9-6-10-17(26-16)21(3,22)23/h5-13H,1-4H3,(H2,24,25,27,28). The van der Waals surface area contributed by atoms with Crippen molar-refractivity contribution in [1.29, 1.82) is 0 Å². The Hall–Kier alpha value is -3.14. The molecular formula is C21H23F2N5O2S. The molecule has 0 spiro atoms. The number of nitrogens with zero attached hydrogens (tertiary/aromatic N) is 3. The summed E-state index contributed by atoms with van der Waals surface area (Å²) in [5, 5.41) is 6.21. The van der Waals surface area contributed by atoms with Crippen LogP contribution in [0.15, 0.2) is 53.4 Å². The molecule has 0 saturated heterocycles. The van der Waals surface area contributed by atoms with Crippen molar-refractivity contribution in [2.75, 3.05) is 16.9 Å². The van der Waals surface area contributed by atoms with Crippen molar-refractivity contribution in [3.05, 3.63) is 54.2 Å². The van der Waals surface area contributed by atoms with Crippen molar-refractivity contribution in [2.24, 2.45) is 0 Å². The zero-order valence-electron chi connectivity index (χ0n) is 17.5. The van der Waals surface area contributed by atoms with Crippen LogP contribution >= 0.6 is 0 Å². The van der Waals surface area contributed by atoms with Crippen LogP contribution < -0.4 is 10.6 Å². The Bertz CT molecular complexity index is 1190. The van der Waals surface area contributed by atoms with Crippen LogP contribution in [0.2, 0.25) is 0 Å². The SMILES string of the molecule is CC(C)Nc1cc(Nc2cccc(S(C)(=O)=O)c2)nc(-c2cccc(C(C)(F)F)n2)n1. The fraction of sp³-hybridized carbons (Fsp3) is 0.286. The van der Waals surface area contributed by atoms with Crippen molar-refractivity contribution < 1.29 is 17.2 Å². The van der Waals surface area contributed by atoms with E-state index in [0.29, 0.717) is 17.3 Å². The van der Waals surface area contributed by atoms with Gasteiger partial charge in [-0.25, -0.2) is 23.4 Å². The number of nitrogens with one attached hydrogen (secondary N) is 2. The molecule has 0 aliphatic rings. The highest BCUT2D eigenvalue weighted by atomic mass is 32.2. The first kappa shape index (κ1) is 22.5. The van der Waals surface area contributed by atoms with Crippen molar-refractivity contribution in [2.45, 2.75) is 37.6 Å². The zero-order chi connectivity index (χ0) is 22.8. The van der Waals surface area contributed by atoms with Gasteiger partial charge >= 0.3 is 0 Å². The number of halogens is 2. The van der Waals surface area contributed by atoms with E-state index in [2.05, 4.69) is 25.6 Å². The molecule has 0 aliphatic heterocycles. The molecule has 2 N–H and O–H groups in total. The molecule has 0 amide bonds. The number of aromatic nitrogens is 3. The Kier molecular flexibility index (Phi) is 6.21. The maximum atomic E-state index is 13.7. The number of benzene rings is 1.